The lowest BCUT2D eigenvalue weighted by Gasteiger charge is -2.15. The van der Waals surface area contributed by atoms with E-state index in [2.05, 4.69) is 10.3 Å². The lowest BCUT2D eigenvalue weighted by molar-refractivity contribution is 0.0936. The zero-order valence-corrected chi connectivity index (χ0v) is 9.86. The highest BCUT2D eigenvalue weighted by Crippen LogP contribution is 1.93. The molecular weight excluding hydrogens is 222 g/mol. The van der Waals surface area contributed by atoms with Crippen molar-refractivity contribution in [3.05, 3.63) is 33.7 Å². The van der Waals surface area contributed by atoms with Crippen molar-refractivity contribution in [3.63, 3.8) is 0 Å². The number of aromatic nitrogens is 1. The van der Waals surface area contributed by atoms with Gasteiger partial charge in [0.15, 0.2) is 5.43 Å². The average Bonchev–Trinajstić information content (AvgIpc) is 2.25. The van der Waals surface area contributed by atoms with Gasteiger partial charge in [-0.1, -0.05) is 0 Å². The van der Waals surface area contributed by atoms with Crippen molar-refractivity contribution in [2.45, 2.75) is 26.0 Å². The van der Waals surface area contributed by atoms with Gasteiger partial charge in [-0.15, -0.1) is 0 Å². The molecule has 1 heterocycles. The number of aromatic amines is 1. The van der Waals surface area contributed by atoms with Crippen LogP contribution in [0, 0.1) is 6.92 Å². The van der Waals surface area contributed by atoms with Crippen molar-refractivity contribution < 1.29 is 9.90 Å². The maximum absolute atomic E-state index is 11.6. The number of aliphatic hydroxyl groups excluding tert-OH is 1. The number of hydrogen-bond donors (Lipinski definition) is 4. The molecule has 0 radical (unpaired) electrons. The van der Waals surface area contributed by atoms with Crippen molar-refractivity contribution in [2.75, 3.05) is 6.54 Å². The van der Waals surface area contributed by atoms with E-state index >= 15 is 0 Å². The summed E-state index contributed by atoms with van der Waals surface area (Å²) in [5.41, 5.74) is 5.93. The molecule has 1 aromatic rings. The fraction of sp³-hybridized carbons (Fsp3) is 0.455. The van der Waals surface area contributed by atoms with Gasteiger partial charge in [0.1, 0.15) is 5.56 Å². The summed E-state index contributed by atoms with van der Waals surface area (Å²) in [5, 5.41) is 11.6. The smallest absolute Gasteiger partial charge is 0.256 e. The molecule has 0 aromatic carbocycles. The van der Waals surface area contributed by atoms with Crippen LogP contribution >= 0.6 is 0 Å². The summed E-state index contributed by atoms with van der Waals surface area (Å²) in [5.74, 6) is -0.498. The number of amides is 1. The molecule has 0 saturated carbocycles. The first-order valence-electron chi connectivity index (χ1n) is 5.33. The van der Waals surface area contributed by atoms with E-state index in [1.807, 2.05) is 0 Å². The Morgan fingerprint density at radius 3 is 2.82 bits per heavy atom. The predicted octanol–water partition coefficient (Wildman–Crippen LogP) is -0.879. The average molecular weight is 239 g/mol. The minimum absolute atomic E-state index is 0.0355. The molecule has 0 fully saturated rings. The molecule has 2 atom stereocenters. The second kappa shape index (κ2) is 5.60. The molecule has 94 valence electrons. The Kier molecular flexibility index (Phi) is 4.42. The van der Waals surface area contributed by atoms with E-state index in [9.17, 15) is 9.59 Å². The zero-order valence-electron chi connectivity index (χ0n) is 9.86. The summed E-state index contributed by atoms with van der Waals surface area (Å²) in [6, 6.07) is 0.798. The summed E-state index contributed by atoms with van der Waals surface area (Å²) in [4.78, 5) is 25.9. The number of aryl methyl sites for hydroxylation is 1. The Bertz CT molecular complexity index is 454. The van der Waals surface area contributed by atoms with Gasteiger partial charge >= 0.3 is 0 Å². The molecule has 17 heavy (non-hydrogen) atoms. The molecule has 2 unspecified atom stereocenters. The van der Waals surface area contributed by atoms with E-state index in [1.165, 1.54) is 19.2 Å². The third-order valence-electron chi connectivity index (χ3n) is 2.42. The van der Waals surface area contributed by atoms with Gasteiger partial charge in [0.05, 0.1) is 6.10 Å². The summed E-state index contributed by atoms with van der Waals surface area (Å²) in [7, 11) is 0. The van der Waals surface area contributed by atoms with Gasteiger partial charge in [0.25, 0.3) is 5.91 Å². The van der Waals surface area contributed by atoms with Crippen LogP contribution in [0.3, 0.4) is 0 Å². The molecule has 1 amide bonds. The normalized spacial score (nSPS) is 14.1. The number of nitrogens with two attached hydrogens (primary N) is 1. The molecule has 6 nitrogen and oxygen atoms in total. The number of H-pyrrole nitrogens is 1. The number of aliphatic hydroxyl groups is 1. The monoisotopic (exact) mass is 239 g/mol. The Labute approximate surface area is 98.8 Å². The Morgan fingerprint density at radius 2 is 2.29 bits per heavy atom. The number of carbonyl (C=O) groups is 1. The lowest BCUT2D eigenvalue weighted by Crippen LogP contribution is -2.44. The van der Waals surface area contributed by atoms with Crippen LogP contribution in [0.15, 0.2) is 17.1 Å². The van der Waals surface area contributed by atoms with Crippen molar-refractivity contribution >= 4 is 5.91 Å². The predicted molar refractivity (Wildman–Crippen MR) is 63.8 cm³/mol. The van der Waals surface area contributed by atoms with Crippen LogP contribution in [0.1, 0.15) is 23.0 Å². The maximum atomic E-state index is 11.6. The van der Waals surface area contributed by atoms with Crippen molar-refractivity contribution in [3.8, 4) is 0 Å². The maximum Gasteiger partial charge on any atom is 0.256 e. The molecule has 1 aromatic heterocycles. The van der Waals surface area contributed by atoms with E-state index in [0.29, 0.717) is 5.69 Å². The number of pyridine rings is 1. The summed E-state index contributed by atoms with van der Waals surface area (Å²) < 4.78 is 0. The summed E-state index contributed by atoms with van der Waals surface area (Å²) in [6.07, 6.45) is 0.646. The molecule has 0 saturated heterocycles. The van der Waals surface area contributed by atoms with Crippen LogP contribution < -0.4 is 16.5 Å². The van der Waals surface area contributed by atoms with Crippen molar-refractivity contribution in [1.82, 2.24) is 10.3 Å². The van der Waals surface area contributed by atoms with Gasteiger partial charge in [0, 0.05) is 30.5 Å². The minimum atomic E-state index is -0.716. The van der Waals surface area contributed by atoms with E-state index in [4.69, 9.17) is 10.8 Å². The number of hydrogen-bond acceptors (Lipinski definition) is 4. The summed E-state index contributed by atoms with van der Waals surface area (Å²) in [6.45, 7) is 3.38. The highest BCUT2D eigenvalue weighted by Gasteiger charge is 2.13. The first-order chi connectivity index (χ1) is 7.91. The van der Waals surface area contributed by atoms with E-state index in [0.717, 1.165) is 0 Å². The highest BCUT2D eigenvalue weighted by molar-refractivity contribution is 5.93. The Hall–Kier alpha value is -1.66. The van der Waals surface area contributed by atoms with Crippen molar-refractivity contribution in [1.29, 1.82) is 0 Å². The van der Waals surface area contributed by atoms with Crippen LogP contribution in [0.2, 0.25) is 0 Å². The highest BCUT2D eigenvalue weighted by atomic mass is 16.3. The third kappa shape index (κ3) is 3.69. The fourth-order valence-electron chi connectivity index (χ4n) is 1.23. The minimum Gasteiger partial charge on any atom is -0.392 e. The molecular formula is C11H17N3O3. The largest absolute Gasteiger partial charge is 0.392 e. The standard InChI is InChI=1S/C11H17N3O3/c1-6-3-10(16)8(4-13-6)11(17)14-5-9(12)7(2)15/h3-4,7,9,15H,5,12H2,1-2H3,(H,13,16)(H,14,17). The number of rotatable bonds is 4. The molecule has 0 spiro atoms. The second-order valence-corrected chi connectivity index (χ2v) is 4.01. The summed E-state index contributed by atoms with van der Waals surface area (Å²) >= 11 is 0. The van der Waals surface area contributed by atoms with Crippen LogP contribution in [0.25, 0.3) is 0 Å². The lowest BCUT2D eigenvalue weighted by atomic mass is 10.2. The third-order valence-corrected chi connectivity index (χ3v) is 2.42. The van der Waals surface area contributed by atoms with E-state index in [1.54, 1.807) is 6.92 Å². The van der Waals surface area contributed by atoms with Crippen LogP contribution in [0.5, 0.6) is 0 Å². The number of nitrogens with one attached hydrogen (secondary N) is 2. The quantitative estimate of drug-likeness (QED) is 0.547. The first-order valence-corrected chi connectivity index (χ1v) is 5.33. The van der Waals surface area contributed by atoms with Gasteiger partial charge in [-0.05, 0) is 13.8 Å². The SMILES string of the molecule is Cc1cc(=O)c(C(=O)NCC(N)C(C)O)c[nH]1. The van der Waals surface area contributed by atoms with Gasteiger partial charge in [0.2, 0.25) is 0 Å². The molecule has 6 heteroatoms. The topological polar surface area (TPSA) is 108 Å². The van der Waals surface area contributed by atoms with Crippen LogP contribution in [0.4, 0.5) is 0 Å². The first kappa shape index (κ1) is 13.4. The zero-order chi connectivity index (χ0) is 13.0. The molecule has 1 rings (SSSR count). The molecule has 0 aliphatic carbocycles. The van der Waals surface area contributed by atoms with Crippen LogP contribution in [-0.2, 0) is 0 Å². The fourth-order valence-corrected chi connectivity index (χ4v) is 1.23. The molecule has 0 aliphatic heterocycles. The molecule has 0 bridgehead atoms. The second-order valence-electron chi connectivity index (χ2n) is 4.01. The van der Waals surface area contributed by atoms with Crippen LogP contribution in [-0.4, -0.2) is 34.7 Å². The van der Waals surface area contributed by atoms with Crippen molar-refractivity contribution in [2.24, 2.45) is 5.73 Å². The van der Waals surface area contributed by atoms with Gasteiger partial charge in [-0.2, -0.15) is 0 Å². The number of carbonyl (C=O) groups excluding carboxylic acids is 1. The van der Waals surface area contributed by atoms with E-state index < -0.39 is 18.1 Å². The van der Waals surface area contributed by atoms with Gasteiger partial charge in [-0.25, -0.2) is 0 Å². The van der Waals surface area contributed by atoms with Gasteiger partial charge < -0.3 is 21.1 Å². The Morgan fingerprint density at radius 1 is 1.65 bits per heavy atom. The van der Waals surface area contributed by atoms with E-state index in [-0.39, 0.29) is 17.5 Å². The molecule has 5 N–H and O–H groups in total. The van der Waals surface area contributed by atoms with Gasteiger partial charge in [-0.3, -0.25) is 9.59 Å². The molecule has 0 aliphatic rings. The Balaban J connectivity index is 2.68.